The van der Waals surface area contributed by atoms with E-state index in [0.29, 0.717) is 9.50 Å². The van der Waals surface area contributed by atoms with Crippen LogP contribution in [0.3, 0.4) is 0 Å². The standard InChI is InChI=1S/C15H11BrClF2N/c16-9-6-12(18)15(13(19)7-9)20-14-4-1-8-5-10(17)2-3-11(8)14/h2-3,5-7,14,20H,1,4H2. The summed E-state index contributed by atoms with van der Waals surface area (Å²) in [7, 11) is 0. The highest BCUT2D eigenvalue weighted by atomic mass is 79.9. The molecule has 5 heteroatoms. The first kappa shape index (κ1) is 13.8. The number of hydrogen-bond donors (Lipinski definition) is 1. The third-order valence-corrected chi connectivity index (χ3v) is 4.20. The molecular weight excluding hydrogens is 348 g/mol. The van der Waals surface area contributed by atoms with Crippen LogP contribution in [-0.2, 0) is 6.42 Å². The van der Waals surface area contributed by atoms with Crippen LogP contribution in [-0.4, -0.2) is 0 Å². The molecule has 0 saturated heterocycles. The molecular formula is C15H11BrClF2N. The van der Waals surface area contributed by atoms with E-state index in [2.05, 4.69) is 21.2 Å². The van der Waals surface area contributed by atoms with E-state index in [-0.39, 0.29) is 11.7 Å². The third kappa shape index (κ3) is 2.54. The number of anilines is 1. The molecule has 0 fully saturated rings. The molecule has 1 N–H and O–H groups in total. The first-order valence-corrected chi connectivity index (χ1v) is 7.41. The van der Waals surface area contributed by atoms with Crippen molar-refractivity contribution < 1.29 is 8.78 Å². The second kappa shape index (κ2) is 5.34. The first-order chi connectivity index (χ1) is 9.54. The van der Waals surface area contributed by atoms with Crippen molar-refractivity contribution in [2.75, 3.05) is 5.32 Å². The lowest BCUT2D eigenvalue weighted by atomic mass is 10.1. The fourth-order valence-corrected chi connectivity index (χ4v) is 3.19. The van der Waals surface area contributed by atoms with Crippen LogP contribution in [0, 0.1) is 11.6 Å². The quantitative estimate of drug-likeness (QED) is 0.749. The molecule has 0 saturated carbocycles. The molecule has 0 bridgehead atoms. The molecule has 1 unspecified atom stereocenters. The molecule has 20 heavy (non-hydrogen) atoms. The second-order valence-electron chi connectivity index (χ2n) is 4.82. The monoisotopic (exact) mass is 357 g/mol. The Bertz CT molecular complexity index is 652. The van der Waals surface area contributed by atoms with Gasteiger partial charge in [0.2, 0.25) is 0 Å². The van der Waals surface area contributed by atoms with Gasteiger partial charge in [-0.2, -0.15) is 0 Å². The zero-order valence-electron chi connectivity index (χ0n) is 10.4. The van der Waals surface area contributed by atoms with Crippen LogP contribution in [0.2, 0.25) is 5.02 Å². The maximum atomic E-state index is 13.9. The maximum Gasteiger partial charge on any atom is 0.150 e. The molecule has 2 aromatic carbocycles. The van der Waals surface area contributed by atoms with Gasteiger partial charge in [-0.05, 0) is 48.2 Å². The Balaban J connectivity index is 1.91. The van der Waals surface area contributed by atoms with E-state index in [1.165, 1.54) is 12.1 Å². The van der Waals surface area contributed by atoms with E-state index < -0.39 is 11.6 Å². The topological polar surface area (TPSA) is 12.0 Å². The summed E-state index contributed by atoms with van der Waals surface area (Å²) in [6, 6.07) is 8.04. The van der Waals surface area contributed by atoms with Crippen LogP contribution < -0.4 is 5.32 Å². The summed E-state index contributed by atoms with van der Waals surface area (Å²) in [5, 5.41) is 3.65. The number of rotatable bonds is 2. The molecule has 0 heterocycles. The van der Waals surface area contributed by atoms with Crippen LogP contribution in [0.5, 0.6) is 0 Å². The smallest absolute Gasteiger partial charge is 0.150 e. The molecule has 1 aliphatic rings. The number of halogens is 4. The predicted molar refractivity (Wildman–Crippen MR) is 80.2 cm³/mol. The lowest BCUT2D eigenvalue weighted by Crippen LogP contribution is -2.10. The number of nitrogens with one attached hydrogen (secondary N) is 1. The van der Waals surface area contributed by atoms with Crippen molar-refractivity contribution >= 4 is 33.2 Å². The maximum absolute atomic E-state index is 13.9. The molecule has 2 aromatic rings. The van der Waals surface area contributed by atoms with Gasteiger partial charge in [0, 0.05) is 9.50 Å². The molecule has 104 valence electrons. The predicted octanol–water partition coefficient (Wildman–Crippen LogP) is 5.48. The Kier molecular flexibility index (Phi) is 3.69. The number of fused-ring (bicyclic) bond motifs is 1. The Hall–Kier alpha value is -1.13. The fourth-order valence-electron chi connectivity index (χ4n) is 2.59. The SMILES string of the molecule is Fc1cc(Br)cc(F)c1NC1CCc2cc(Cl)ccc21. The van der Waals surface area contributed by atoms with Gasteiger partial charge in [-0.15, -0.1) is 0 Å². The van der Waals surface area contributed by atoms with E-state index in [1.807, 2.05) is 12.1 Å². The van der Waals surface area contributed by atoms with Crippen molar-refractivity contribution in [2.24, 2.45) is 0 Å². The van der Waals surface area contributed by atoms with Gasteiger partial charge in [-0.25, -0.2) is 8.78 Å². The molecule has 0 aromatic heterocycles. The largest absolute Gasteiger partial charge is 0.373 e. The van der Waals surface area contributed by atoms with Gasteiger partial charge < -0.3 is 5.32 Å². The average Bonchev–Trinajstić information content (AvgIpc) is 2.76. The van der Waals surface area contributed by atoms with Crippen LogP contribution >= 0.6 is 27.5 Å². The van der Waals surface area contributed by atoms with Gasteiger partial charge in [0.1, 0.15) is 17.3 Å². The van der Waals surface area contributed by atoms with Gasteiger partial charge >= 0.3 is 0 Å². The van der Waals surface area contributed by atoms with Crippen LogP contribution in [0.25, 0.3) is 0 Å². The van der Waals surface area contributed by atoms with Gasteiger partial charge in [0.05, 0.1) is 6.04 Å². The Morgan fingerprint density at radius 1 is 1.15 bits per heavy atom. The summed E-state index contributed by atoms with van der Waals surface area (Å²) < 4.78 is 28.1. The van der Waals surface area contributed by atoms with Gasteiger partial charge in [-0.3, -0.25) is 0 Å². The van der Waals surface area contributed by atoms with Crippen molar-refractivity contribution in [1.82, 2.24) is 0 Å². The lowest BCUT2D eigenvalue weighted by Gasteiger charge is -2.17. The summed E-state index contributed by atoms with van der Waals surface area (Å²) in [5.41, 5.74) is 2.10. The number of benzene rings is 2. The minimum Gasteiger partial charge on any atom is -0.373 e. The van der Waals surface area contributed by atoms with Crippen molar-refractivity contribution in [3.63, 3.8) is 0 Å². The molecule has 3 rings (SSSR count). The summed E-state index contributed by atoms with van der Waals surface area (Å²) in [5.74, 6) is -1.20. The van der Waals surface area contributed by atoms with E-state index in [1.54, 1.807) is 6.07 Å². The van der Waals surface area contributed by atoms with Crippen LogP contribution in [0.1, 0.15) is 23.6 Å². The van der Waals surface area contributed by atoms with E-state index >= 15 is 0 Å². The number of aryl methyl sites for hydroxylation is 1. The average molecular weight is 359 g/mol. The highest BCUT2D eigenvalue weighted by Crippen LogP contribution is 2.36. The van der Waals surface area contributed by atoms with E-state index in [4.69, 9.17) is 11.6 Å². The minimum atomic E-state index is -0.598. The highest BCUT2D eigenvalue weighted by molar-refractivity contribution is 9.10. The Labute approximate surface area is 129 Å². The summed E-state index contributed by atoms with van der Waals surface area (Å²) >= 11 is 9.02. The normalized spacial score (nSPS) is 17.1. The third-order valence-electron chi connectivity index (χ3n) is 3.51. The van der Waals surface area contributed by atoms with Crippen molar-refractivity contribution in [3.8, 4) is 0 Å². The number of hydrogen-bond acceptors (Lipinski definition) is 1. The Morgan fingerprint density at radius 2 is 1.85 bits per heavy atom. The molecule has 0 radical (unpaired) electrons. The van der Waals surface area contributed by atoms with Crippen LogP contribution in [0.4, 0.5) is 14.5 Å². The summed E-state index contributed by atoms with van der Waals surface area (Å²) in [6.45, 7) is 0. The highest BCUT2D eigenvalue weighted by Gasteiger charge is 2.24. The molecule has 1 aliphatic carbocycles. The summed E-state index contributed by atoms with van der Waals surface area (Å²) in [4.78, 5) is 0. The zero-order chi connectivity index (χ0) is 14.3. The fraction of sp³-hybridized carbons (Fsp3) is 0.200. The van der Waals surface area contributed by atoms with Crippen LogP contribution in [0.15, 0.2) is 34.8 Å². The van der Waals surface area contributed by atoms with Crippen molar-refractivity contribution in [2.45, 2.75) is 18.9 Å². The van der Waals surface area contributed by atoms with Gasteiger partial charge in [0.25, 0.3) is 0 Å². The van der Waals surface area contributed by atoms with Crippen molar-refractivity contribution in [3.05, 3.63) is 62.6 Å². The summed E-state index contributed by atoms with van der Waals surface area (Å²) in [6.07, 6.45) is 1.65. The molecule has 1 nitrogen and oxygen atoms in total. The van der Waals surface area contributed by atoms with Crippen molar-refractivity contribution in [1.29, 1.82) is 0 Å². The lowest BCUT2D eigenvalue weighted by molar-refractivity contribution is 0.580. The molecule has 0 amide bonds. The van der Waals surface area contributed by atoms with E-state index in [0.717, 1.165) is 24.0 Å². The minimum absolute atomic E-state index is 0.0824. The zero-order valence-corrected chi connectivity index (χ0v) is 12.7. The molecule has 0 spiro atoms. The van der Waals surface area contributed by atoms with Gasteiger partial charge in [0.15, 0.2) is 0 Å². The second-order valence-corrected chi connectivity index (χ2v) is 6.18. The first-order valence-electron chi connectivity index (χ1n) is 6.24. The molecule has 0 aliphatic heterocycles. The molecule has 1 atom stereocenters. The van der Waals surface area contributed by atoms with Gasteiger partial charge in [-0.1, -0.05) is 33.6 Å². The van der Waals surface area contributed by atoms with E-state index in [9.17, 15) is 8.78 Å². The Morgan fingerprint density at radius 3 is 2.55 bits per heavy atom.